The molecule has 0 unspecified atom stereocenters. The van der Waals surface area contributed by atoms with Crippen molar-refractivity contribution in [1.29, 1.82) is 0 Å². The van der Waals surface area contributed by atoms with Crippen LogP contribution in [0.1, 0.15) is 43.0 Å². The van der Waals surface area contributed by atoms with E-state index < -0.39 is 0 Å². The minimum absolute atomic E-state index is 0.0129. The molecule has 8 nitrogen and oxygen atoms in total. The predicted octanol–water partition coefficient (Wildman–Crippen LogP) is 3.04. The molecule has 2 saturated heterocycles. The highest BCUT2D eigenvalue weighted by atomic mass is 35.5. The highest BCUT2D eigenvalue weighted by Gasteiger charge is 2.29. The van der Waals surface area contributed by atoms with Crippen LogP contribution >= 0.6 is 11.6 Å². The van der Waals surface area contributed by atoms with Gasteiger partial charge in [0.1, 0.15) is 11.0 Å². The molecule has 4 rings (SSSR count). The Labute approximate surface area is 181 Å². The standard InChI is InChI=1S/C21H27ClN6O2/c1-2-28-14-17(13-23-28)24-20(29)15-5-9-27(10-6-15)21(30)16-11-18(22)25-19(12-16)26-7-3-4-8-26/h11-15H,2-10H2,1H3,(H,24,29). The van der Waals surface area contributed by atoms with Crippen molar-refractivity contribution >= 4 is 34.9 Å². The van der Waals surface area contributed by atoms with Gasteiger partial charge in [-0.3, -0.25) is 14.3 Å². The van der Waals surface area contributed by atoms with Crippen LogP contribution in [0.3, 0.4) is 0 Å². The first-order valence-corrected chi connectivity index (χ1v) is 11.0. The summed E-state index contributed by atoms with van der Waals surface area (Å²) in [6.45, 7) is 5.73. The van der Waals surface area contributed by atoms with E-state index >= 15 is 0 Å². The zero-order valence-corrected chi connectivity index (χ0v) is 17.9. The zero-order chi connectivity index (χ0) is 21.1. The number of anilines is 2. The number of pyridine rings is 1. The summed E-state index contributed by atoms with van der Waals surface area (Å²) in [6.07, 6.45) is 7.01. The lowest BCUT2D eigenvalue weighted by molar-refractivity contribution is -0.121. The molecule has 160 valence electrons. The van der Waals surface area contributed by atoms with Crippen molar-refractivity contribution in [2.75, 3.05) is 36.4 Å². The van der Waals surface area contributed by atoms with Crippen LogP contribution in [0.15, 0.2) is 24.5 Å². The average Bonchev–Trinajstić information content (AvgIpc) is 3.45. The molecule has 2 amide bonds. The Kier molecular flexibility index (Phi) is 6.22. The van der Waals surface area contributed by atoms with Crippen LogP contribution in [0.4, 0.5) is 11.5 Å². The van der Waals surface area contributed by atoms with E-state index in [-0.39, 0.29) is 17.7 Å². The molecule has 9 heteroatoms. The topological polar surface area (TPSA) is 83.4 Å². The molecule has 2 aromatic rings. The molecule has 0 spiro atoms. The Hall–Kier alpha value is -2.61. The lowest BCUT2D eigenvalue weighted by atomic mass is 9.95. The molecular weight excluding hydrogens is 404 g/mol. The van der Waals surface area contributed by atoms with Gasteiger partial charge in [-0.2, -0.15) is 5.10 Å². The Morgan fingerprint density at radius 2 is 1.90 bits per heavy atom. The Balaban J connectivity index is 1.35. The van der Waals surface area contributed by atoms with Crippen LogP contribution in [0.5, 0.6) is 0 Å². The molecule has 0 aromatic carbocycles. The Bertz CT molecular complexity index is 916. The number of hydrogen-bond acceptors (Lipinski definition) is 5. The molecule has 2 aliphatic rings. The van der Waals surface area contributed by atoms with Gasteiger partial charge in [-0.05, 0) is 44.7 Å². The van der Waals surface area contributed by atoms with E-state index in [1.807, 2.05) is 19.2 Å². The minimum atomic E-state index is -0.111. The highest BCUT2D eigenvalue weighted by Crippen LogP contribution is 2.25. The molecule has 0 aliphatic carbocycles. The van der Waals surface area contributed by atoms with Gasteiger partial charge in [-0.1, -0.05) is 11.6 Å². The molecule has 4 heterocycles. The first kappa shape index (κ1) is 20.7. The molecular formula is C21H27ClN6O2. The number of hydrogen-bond donors (Lipinski definition) is 1. The third-order valence-corrected chi connectivity index (χ3v) is 6.03. The molecule has 0 saturated carbocycles. The maximum atomic E-state index is 13.0. The summed E-state index contributed by atoms with van der Waals surface area (Å²) in [5.74, 6) is 0.592. The van der Waals surface area contributed by atoms with Gasteiger partial charge < -0.3 is 15.1 Å². The third-order valence-electron chi connectivity index (χ3n) is 5.84. The SMILES string of the molecule is CCn1cc(NC(=O)C2CCN(C(=O)c3cc(Cl)nc(N4CCCC4)c3)CC2)cn1. The second-order valence-electron chi connectivity index (χ2n) is 7.87. The summed E-state index contributed by atoms with van der Waals surface area (Å²) >= 11 is 6.20. The van der Waals surface area contributed by atoms with Crippen molar-refractivity contribution in [1.82, 2.24) is 19.7 Å². The van der Waals surface area contributed by atoms with Crippen molar-refractivity contribution < 1.29 is 9.59 Å². The molecule has 2 aliphatic heterocycles. The van der Waals surface area contributed by atoms with E-state index in [1.165, 1.54) is 0 Å². The molecule has 0 atom stereocenters. The second-order valence-corrected chi connectivity index (χ2v) is 8.26. The zero-order valence-electron chi connectivity index (χ0n) is 17.2. The van der Waals surface area contributed by atoms with Crippen molar-refractivity contribution in [3.05, 3.63) is 35.2 Å². The molecule has 30 heavy (non-hydrogen) atoms. The van der Waals surface area contributed by atoms with E-state index in [2.05, 4.69) is 20.3 Å². The summed E-state index contributed by atoms with van der Waals surface area (Å²) in [5.41, 5.74) is 1.27. The minimum Gasteiger partial charge on any atom is -0.357 e. The number of halogens is 1. The normalized spacial score (nSPS) is 17.4. The monoisotopic (exact) mass is 430 g/mol. The first-order valence-electron chi connectivity index (χ1n) is 10.6. The van der Waals surface area contributed by atoms with Gasteiger partial charge >= 0.3 is 0 Å². The molecule has 1 N–H and O–H groups in total. The number of nitrogens with one attached hydrogen (secondary N) is 1. The lowest BCUT2D eigenvalue weighted by Gasteiger charge is -2.31. The van der Waals surface area contributed by atoms with Gasteiger partial charge in [-0.25, -0.2) is 4.98 Å². The summed E-state index contributed by atoms with van der Waals surface area (Å²) in [7, 11) is 0. The van der Waals surface area contributed by atoms with Crippen LogP contribution < -0.4 is 10.2 Å². The summed E-state index contributed by atoms with van der Waals surface area (Å²) < 4.78 is 1.77. The van der Waals surface area contributed by atoms with E-state index in [4.69, 9.17) is 11.6 Å². The molecule has 0 bridgehead atoms. The largest absolute Gasteiger partial charge is 0.357 e. The van der Waals surface area contributed by atoms with E-state index in [9.17, 15) is 9.59 Å². The number of nitrogens with zero attached hydrogens (tertiary/aromatic N) is 5. The highest BCUT2D eigenvalue weighted by molar-refractivity contribution is 6.29. The number of aromatic nitrogens is 3. The Morgan fingerprint density at radius 3 is 2.57 bits per heavy atom. The van der Waals surface area contributed by atoms with Crippen molar-refractivity contribution in [2.24, 2.45) is 5.92 Å². The second kappa shape index (κ2) is 9.04. The van der Waals surface area contributed by atoms with Crippen LogP contribution in [-0.2, 0) is 11.3 Å². The first-order chi connectivity index (χ1) is 14.5. The van der Waals surface area contributed by atoms with Gasteiger partial charge in [0, 0.05) is 50.4 Å². The lowest BCUT2D eigenvalue weighted by Crippen LogP contribution is -2.41. The molecule has 0 radical (unpaired) electrons. The maximum Gasteiger partial charge on any atom is 0.254 e. The van der Waals surface area contributed by atoms with E-state index in [1.54, 1.807) is 21.8 Å². The third kappa shape index (κ3) is 4.59. The fourth-order valence-corrected chi connectivity index (χ4v) is 4.29. The molecule has 2 fully saturated rings. The average molecular weight is 431 g/mol. The number of carbonyl (C=O) groups is 2. The molecule has 2 aromatic heterocycles. The quantitative estimate of drug-likeness (QED) is 0.737. The number of carbonyl (C=O) groups excluding carboxylic acids is 2. The predicted molar refractivity (Wildman–Crippen MR) is 116 cm³/mol. The van der Waals surface area contributed by atoms with Crippen molar-refractivity contribution in [2.45, 2.75) is 39.2 Å². The number of piperidine rings is 1. The fourth-order valence-electron chi connectivity index (χ4n) is 4.09. The van der Waals surface area contributed by atoms with Crippen LogP contribution in [-0.4, -0.2) is 57.7 Å². The van der Waals surface area contributed by atoms with Gasteiger partial charge in [0.05, 0.1) is 11.9 Å². The maximum absolute atomic E-state index is 13.0. The number of aryl methyl sites for hydroxylation is 1. The van der Waals surface area contributed by atoms with Gasteiger partial charge in [0.25, 0.3) is 5.91 Å². The van der Waals surface area contributed by atoms with E-state index in [0.29, 0.717) is 42.3 Å². The van der Waals surface area contributed by atoms with Crippen molar-refractivity contribution in [3.8, 4) is 0 Å². The van der Waals surface area contributed by atoms with Gasteiger partial charge in [0.15, 0.2) is 0 Å². The van der Waals surface area contributed by atoms with E-state index in [0.717, 1.165) is 38.3 Å². The van der Waals surface area contributed by atoms with Crippen molar-refractivity contribution in [3.63, 3.8) is 0 Å². The fraction of sp³-hybridized carbons (Fsp3) is 0.524. The van der Waals surface area contributed by atoms with Crippen LogP contribution in [0.2, 0.25) is 5.15 Å². The number of likely N-dealkylation sites (tertiary alicyclic amines) is 1. The smallest absolute Gasteiger partial charge is 0.254 e. The Morgan fingerprint density at radius 1 is 1.17 bits per heavy atom. The summed E-state index contributed by atoms with van der Waals surface area (Å²) in [4.78, 5) is 34.0. The summed E-state index contributed by atoms with van der Waals surface area (Å²) in [5, 5.41) is 7.44. The van der Waals surface area contributed by atoms with Crippen LogP contribution in [0, 0.1) is 5.92 Å². The van der Waals surface area contributed by atoms with Crippen LogP contribution in [0.25, 0.3) is 0 Å². The van der Waals surface area contributed by atoms with Gasteiger partial charge in [-0.15, -0.1) is 0 Å². The van der Waals surface area contributed by atoms with Gasteiger partial charge in [0.2, 0.25) is 5.91 Å². The number of rotatable bonds is 5. The summed E-state index contributed by atoms with van der Waals surface area (Å²) in [6, 6.07) is 3.47. The number of amides is 2.